The van der Waals surface area contributed by atoms with Crippen LogP contribution in [0.5, 0.6) is 0 Å². The Hall–Kier alpha value is -3.17. The van der Waals surface area contributed by atoms with Gasteiger partial charge in [-0.05, 0) is 55.1 Å². The van der Waals surface area contributed by atoms with E-state index in [2.05, 4.69) is 10.0 Å². The Balaban J connectivity index is 1.71. The highest BCUT2D eigenvalue weighted by molar-refractivity contribution is 7.94. The van der Waals surface area contributed by atoms with Crippen LogP contribution in [0.2, 0.25) is 0 Å². The summed E-state index contributed by atoms with van der Waals surface area (Å²) in [6.07, 6.45) is -0.257. The Morgan fingerprint density at radius 3 is 2.25 bits per heavy atom. The maximum absolute atomic E-state index is 12.8. The average Bonchev–Trinajstić information content (AvgIpc) is 3.29. The minimum atomic E-state index is -3.67. The van der Waals surface area contributed by atoms with Crippen molar-refractivity contribution < 1.29 is 22.7 Å². The van der Waals surface area contributed by atoms with Crippen LogP contribution < -0.4 is 10.0 Å². The zero-order valence-electron chi connectivity index (χ0n) is 17.6. The van der Waals surface area contributed by atoms with Crippen LogP contribution in [-0.2, 0) is 19.6 Å². The third kappa shape index (κ3) is 6.41. The highest BCUT2D eigenvalue weighted by atomic mass is 32.2. The van der Waals surface area contributed by atoms with Crippen LogP contribution in [0.3, 0.4) is 0 Å². The topological polar surface area (TPSA) is 102 Å². The summed E-state index contributed by atoms with van der Waals surface area (Å²) in [4.78, 5) is 25.0. The molecular weight excluding hydrogens is 448 g/mol. The molecule has 0 radical (unpaired) electrons. The van der Waals surface area contributed by atoms with Crippen LogP contribution in [0.1, 0.15) is 42.2 Å². The Morgan fingerprint density at radius 1 is 0.969 bits per heavy atom. The summed E-state index contributed by atoms with van der Waals surface area (Å²) in [6.45, 7) is 3.53. The van der Waals surface area contributed by atoms with Gasteiger partial charge in [-0.2, -0.15) is 0 Å². The van der Waals surface area contributed by atoms with E-state index in [-0.39, 0.29) is 22.6 Å². The van der Waals surface area contributed by atoms with Crippen molar-refractivity contribution in [2.24, 2.45) is 0 Å². The van der Waals surface area contributed by atoms with E-state index in [1.54, 1.807) is 25.3 Å². The molecule has 1 amide bonds. The first-order chi connectivity index (χ1) is 15.2. The number of ether oxygens (including phenoxy) is 1. The molecule has 1 unspecified atom stereocenters. The molecule has 0 fully saturated rings. The van der Waals surface area contributed by atoms with Gasteiger partial charge in [0.1, 0.15) is 4.21 Å². The number of hydrogen-bond donors (Lipinski definition) is 2. The zero-order chi connectivity index (χ0) is 23.1. The molecule has 2 aromatic carbocycles. The van der Waals surface area contributed by atoms with E-state index in [1.165, 1.54) is 30.3 Å². The highest BCUT2D eigenvalue weighted by Crippen LogP contribution is 2.22. The molecule has 0 spiro atoms. The molecule has 0 aliphatic heterocycles. The molecule has 0 aliphatic carbocycles. The van der Waals surface area contributed by atoms with E-state index >= 15 is 0 Å². The van der Waals surface area contributed by atoms with Crippen molar-refractivity contribution in [3.63, 3.8) is 0 Å². The van der Waals surface area contributed by atoms with Gasteiger partial charge in [-0.15, -0.1) is 11.3 Å². The predicted molar refractivity (Wildman–Crippen MR) is 124 cm³/mol. The number of benzene rings is 2. The molecule has 3 aromatic rings. The van der Waals surface area contributed by atoms with Crippen LogP contribution >= 0.6 is 11.3 Å². The molecule has 9 heteroatoms. The van der Waals surface area contributed by atoms with Crippen molar-refractivity contribution in [2.75, 3.05) is 4.72 Å². The second-order valence-corrected chi connectivity index (χ2v) is 10.2. The van der Waals surface area contributed by atoms with Crippen molar-refractivity contribution in [2.45, 2.75) is 36.6 Å². The fraction of sp³-hybridized carbons (Fsp3) is 0.217. The van der Waals surface area contributed by atoms with Crippen LogP contribution in [0.4, 0.5) is 5.69 Å². The van der Waals surface area contributed by atoms with Crippen LogP contribution in [0.15, 0.2) is 76.3 Å². The third-order valence-corrected chi connectivity index (χ3v) is 7.18. The first-order valence-electron chi connectivity index (χ1n) is 9.96. The van der Waals surface area contributed by atoms with Gasteiger partial charge in [0.25, 0.3) is 15.9 Å². The lowest BCUT2D eigenvalue weighted by Crippen LogP contribution is -2.31. The van der Waals surface area contributed by atoms with E-state index in [4.69, 9.17) is 4.74 Å². The van der Waals surface area contributed by atoms with E-state index in [0.717, 1.165) is 16.9 Å². The van der Waals surface area contributed by atoms with Gasteiger partial charge in [0.15, 0.2) is 0 Å². The summed E-state index contributed by atoms with van der Waals surface area (Å²) in [5, 5.41) is 4.55. The average molecular weight is 473 g/mol. The Kier molecular flexibility index (Phi) is 7.66. The molecule has 0 aliphatic rings. The lowest BCUT2D eigenvalue weighted by atomic mass is 10.0. The number of nitrogens with one attached hydrogen (secondary N) is 2. The molecule has 7 nitrogen and oxygen atoms in total. The summed E-state index contributed by atoms with van der Waals surface area (Å²) >= 11 is 1.12. The van der Waals surface area contributed by atoms with Crippen molar-refractivity contribution in [3.8, 4) is 0 Å². The maximum Gasteiger partial charge on any atom is 0.308 e. The first-order valence-corrected chi connectivity index (χ1v) is 12.3. The van der Waals surface area contributed by atoms with Gasteiger partial charge in [-0.3, -0.25) is 14.3 Å². The smallest absolute Gasteiger partial charge is 0.308 e. The molecule has 32 heavy (non-hydrogen) atoms. The quantitative estimate of drug-likeness (QED) is 0.451. The fourth-order valence-corrected chi connectivity index (χ4v) is 5.02. The van der Waals surface area contributed by atoms with Crippen molar-refractivity contribution in [1.82, 2.24) is 5.32 Å². The number of thiophene rings is 1. The normalized spacial score (nSPS) is 12.2. The lowest BCUT2D eigenvalue weighted by molar-refractivity contribution is -0.147. The zero-order valence-corrected chi connectivity index (χ0v) is 19.3. The van der Waals surface area contributed by atoms with Crippen molar-refractivity contribution >= 4 is 38.9 Å². The van der Waals surface area contributed by atoms with Gasteiger partial charge in [-0.25, -0.2) is 8.42 Å². The maximum atomic E-state index is 12.8. The summed E-state index contributed by atoms with van der Waals surface area (Å²) in [6, 6.07) is 17.9. The monoisotopic (exact) mass is 472 g/mol. The number of rotatable bonds is 9. The molecule has 0 saturated heterocycles. The van der Waals surface area contributed by atoms with Gasteiger partial charge < -0.3 is 10.1 Å². The fourth-order valence-electron chi connectivity index (χ4n) is 2.97. The van der Waals surface area contributed by atoms with Gasteiger partial charge in [-0.1, -0.05) is 36.4 Å². The van der Waals surface area contributed by atoms with Gasteiger partial charge in [0, 0.05) is 11.3 Å². The van der Waals surface area contributed by atoms with Crippen molar-refractivity contribution in [1.29, 1.82) is 0 Å². The third-order valence-electron chi connectivity index (χ3n) is 4.40. The summed E-state index contributed by atoms with van der Waals surface area (Å²) in [5.74, 6) is -0.795. The number of carbonyl (C=O) groups is 2. The van der Waals surface area contributed by atoms with Crippen LogP contribution in [-0.4, -0.2) is 26.4 Å². The summed E-state index contributed by atoms with van der Waals surface area (Å²) in [5.41, 5.74) is 1.46. The van der Waals surface area contributed by atoms with E-state index in [1.807, 2.05) is 30.3 Å². The summed E-state index contributed by atoms with van der Waals surface area (Å²) < 4.78 is 32.6. The number of esters is 1. The van der Waals surface area contributed by atoms with E-state index in [9.17, 15) is 18.0 Å². The van der Waals surface area contributed by atoms with Gasteiger partial charge in [0.2, 0.25) is 0 Å². The molecule has 168 valence electrons. The molecule has 1 heterocycles. The first kappa shape index (κ1) is 23.5. The second-order valence-electron chi connectivity index (χ2n) is 7.29. The van der Waals surface area contributed by atoms with Gasteiger partial charge in [0.05, 0.1) is 18.6 Å². The molecular formula is C23H24N2O5S2. The Labute approximate surface area is 191 Å². The number of sulfonamides is 1. The minimum absolute atomic E-state index is 0.00731. The predicted octanol–water partition coefficient (Wildman–Crippen LogP) is 4.36. The molecule has 0 saturated carbocycles. The van der Waals surface area contributed by atoms with E-state index in [0.29, 0.717) is 11.3 Å². The minimum Gasteiger partial charge on any atom is -0.463 e. The number of hydrogen-bond acceptors (Lipinski definition) is 6. The second kappa shape index (κ2) is 10.4. The highest BCUT2D eigenvalue weighted by Gasteiger charge is 2.21. The SMILES string of the molecule is CC(C)OC(=O)CC(NC(=O)c1ccc(NS(=O)(=O)c2cccs2)cc1)c1ccccc1. The molecule has 0 bridgehead atoms. The standard InChI is InChI=1S/C23H24N2O5S2/c1-16(2)30-21(26)15-20(17-7-4-3-5-8-17)24-23(27)18-10-12-19(13-11-18)25-32(28,29)22-9-6-14-31-22/h3-14,16,20,25H,15H2,1-2H3,(H,24,27). The van der Waals surface area contributed by atoms with Crippen molar-refractivity contribution in [3.05, 3.63) is 83.2 Å². The van der Waals surface area contributed by atoms with E-state index < -0.39 is 22.0 Å². The molecule has 2 N–H and O–H groups in total. The van der Waals surface area contributed by atoms with Crippen LogP contribution in [0, 0.1) is 0 Å². The Morgan fingerprint density at radius 2 is 1.66 bits per heavy atom. The number of amides is 1. The number of anilines is 1. The Bertz CT molecular complexity index is 1140. The molecule has 1 aromatic heterocycles. The molecule has 3 rings (SSSR count). The number of carbonyl (C=O) groups excluding carboxylic acids is 2. The lowest BCUT2D eigenvalue weighted by Gasteiger charge is -2.19. The largest absolute Gasteiger partial charge is 0.463 e. The van der Waals surface area contributed by atoms with Crippen LogP contribution in [0.25, 0.3) is 0 Å². The van der Waals surface area contributed by atoms with Gasteiger partial charge >= 0.3 is 5.97 Å². The molecule has 1 atom stereocenters. The summed E-state index contributed by atoms with van der Waals surface area (Å²) in [7, 11) is -3.67.